The highest BCUT2D eigenvalue weighted by molar-refractivity contribution is 5.27. The minimum absolute atomic E-state index is 0.0122. The van der Waals surface area contributed by atoms with Crippen LogP contribution in [0.25, 0.3) is 0 Å². The molecule has 2 aromatic rings. The summed E-state index contributed by atoms with van der Waals surface area (Å²) in [5.41, 5.74) is 7.29. The summed E-state index contributed by atoms with van der Waals surface area (Å²) in [7, 11) is 0. The lowest BCUT2D eigenvalue weighted by atomic mass is 10.1. The predicted octanol–water partition coefficient (Wildman–Crippen LogP) is 2.77. The van der Waals surface area contributed by atoms with Crippen LogP contribution >= 0.6 is 0 Å². The second kappa shape index (κ2) is 8.21. The Labute approximate surface area is 125 Å². The third-order valence-electron chi connectivity index (χ3n) is 3.05. The van der Waals surface area contributed by atoms with Gasteiger partial charge >= 0.3 is 0 Å². The smallest absolute Gasteiger partial charge is 0.225 e. The molecule has 0 saturated heterocycles. The first-order chi connectivity index (χ1) is 10.3. The quantitative estimate of drug-likeness (QED) is 0.780. The fourth-order valence-electron chi connectivity index (χ4n) is 1.92. The van der Waals surface area contributed by atoms with Gasteiger partial charge in [0, 0.05) is 24.8 Å². The zero-order valence-electron chi connectivity index (χ0n) is 12.3. The number of hydrogen-bond donors (Lipinski definition) is 2. The summed E-state index contributed by atoms with van der Waals surface area (Å²) in [5.74, 6) is 1.17. The van der Waals surface area contributed by atoms with Crippen LogP contribution in [0.15, 0.2) is 42.6 Å². The molecule has 1 unspecified atom stereocenters. The highest BCUT2D eigenvalue weighted by atomic mass is 16.5. The third kappa shape index (κ3) is 5.04. The van der Waals surface area contributed by atoms with E-state index in [1.165, 1.54) is 0 Å². The Kier molecular flexibility index (Phi) is 5.97. The third-order valence-corrected chi connectivity index (χ3v) is 3.05. The monoisotopic (exact) mass is 286 g/mol. The number of aromatic nitrogens is 2. The normalized spacial score (nSPS) is 11.9. The van der Waals surface area contributed by atoms with Gasteiger partial charge < -0.3 is 15.8 Å². The van der Waals surface area contributed by atoms with E-state index in [2.05, 4.69) is 22.2 Å². The van der Waals surface area contributed by atoms with E-state index in [1.807, 2.05) is 30.3 Å². The van der Waals surface area contributed by atoms with Crippen molar-refractivity contribution in [2.45, 2.75) is 25.8 Å². The molecule has 2 rings (SSSR count). The zero-order valence-corrected chi connectivity index (χ0v) is 12.3. The summed E-state index contributed by atoms with van der Waals surface area (Å²) < 4.78 is 5.48. The number of nitrogens with zero attached hydrogens (tertiary/aromatic N) is 2. The van der Waals surface area contributed by atoms with Crippen LogP contribution in [0.4, 0.5) is 5.95 Å². The lowest BCUT2D eigenvalue weighted by Gasteiger charge is -2.12. The van der Waals surface area contributed by atoms with Crippen LogP contribution in [0, 0.1) is 0 Å². The minimum atomic E-state index is 0.0122. The summed E-state index contributed by atoms with van der Waals surface area (Å²) in [6, 6.07) is 11.8. The largest absolute Gasteiger partial charge is 0.478 e. The van der Waals surface area contributed by atoms with Crippen LogP contribution in [0.2, 0.25) is 0 Å². The molecule has 0 radical (unpaired) electrons. The van der Waals surface area contributed by atoms with Crippen LogP contribution in [0.1, 0.15) is 31.4 Å². The molecule has 5 nitrogen and oxygen atoms in total. The molecule has 0 saturated carbocycles. The van der Waals surface area contributed by atoms with Crippen LogP contribution in [0.3, 0.4) is 0 Å². The van der Waals surface area contributed by atoms with E-state index in [0.717, 1.165) is 18.4 Å². The maximum absolute atomic E-state index is 6.15. The molecule has 1 aromatic heterocycles. The molecule has 0 aliphatic carbocycles. The van der Waals surface area contributed by atoms with Gasteiger partial charge in [-0.2, -0.15) is 4.98 Å². The van der Waals surface area contributed by atoms with E-state index >= 15 is 0 Å². The molecule has 0 amide bonds. The maximum Gasteiger partial charge on any atom is 0.225 e. The molecule has 1 heterocycles. The van der Waals surface area contributed by atoms with Gasteiger partial charge in [-0.25, -0.2) is 4.98 Å². The first kappa shape index (κ1) is 15.3. The lowest BCUT2D eigenvalue weighted by molar-refractivity contribution is 0.305. The number of hydrogen-bond acceptors (Lipinski definition) is 5. The molecule has 1 aromatic carbocycles. The van der Waals surface area contributed by atoms with Crippen molar-refractivity contribution in [1.29, 1.82) is 0 Å². The molecule has 0 fully saturated rings. The van der Waals surface area contributed by atoms with E-state index < -0.39 is 0 Å². The fourth-order valence-corrected chi connectivity index (χ4v) is 1.92. The van der Waals surface area contributed by atoms with Gasteiger partial charge in [-0.3, -0.25) is 0 Å². The molecule has 3 N–H and O–H groups in total. The van der Waals surface area contributed by atoms with E-state index in [1.54, 1.807) is 12.3 Å². The minimum Gasteiger partial charge on any atom is -0.478 e. The molecule has 5 heteroatoms. The highest BCUT2D eigenvalue weighted by Gasteiger charge is 2.05. The van der Waals surface area contributed by atoms with Crippen molar-refractivity contribution in [3.8, 4) is 5.88 Å². The molecule has 112 valence electrons. The highest BCUT2D eigenvalue weighted by Crippen LogP contribution is 2.14. The molecule has 21 heavy (non-hydrogen) atoms. The van der Waals surface area contributed by atoms with Gasteiger partial charge in [-0.15, -0.1) is 0 Å². The summed E-state index contributed by atoms with van der Waals surface area (Å²) in [5, 5.41) is 3.18. The van der Waals surface area contributed by atoms with Gasteiger partial charge in [0.05, 0.1) is 6.61 Å². The first-order valence-electron chi connectivity index (χ1n) is 7.30. The number of anilines is 1. The van der Waals surface area contributed by atoms with Gasteiger partial charge in [0.2, 0.25) is 11.8 Å². The number of benzene rings is 1. The topological polar surface area (TPSA) is 73.1 Å². The van der Waals surface area contributed by atoms with Gasteiger partial charge in [-0.1, -0.05) is 37.3 Å². The average molecular weight is 286 g/mol. The van der Waals surface area contributed by atoms with Crippen molar-refractivity contribution in [3.05, 3.63) is 48.2 Å². The van der Waals surface area contributed by atoms with Gasteiger partial charge in [-0.05, 0) is 18.4 Å². The van der Waals surface area contributed by atoms with Crippen molar-refractivity contribution in [1.82, 2.24) is 9.97 Å². The first-order valence-corrected chi connectivity index (χ1v) is 7.30. The summed E-state index contributed by atoms with van der Waals surface area (Å²) >= 11 is 0. The van der Waals surface area contributed by atoms with Crippen molar-refractivity contribution < 1.29 is 4.74 Å². The Bertz CT molecular complexity index is 533. The molecule has 1 atom stereocenters. The molecular formula is C16H22N4O. The Balaban J connectivity index is 1.80. The Hall–Kier alpha value is -2.14. The second-order valence-electron chi connectivity index (χ2n) is 4.80. The standard InChI is InChI=1S/C16H22N4O/c1-2-12-21-15-9-11-19-16(20-15)18-10-8-14(17)13-6-4-3-5-7-13/h3-7,9,11,14H,2,8,10,12,17H2,1H3,(H,18,19,20). The summed E-state index contributed by atoms with van der Waals surface area (Å²) in [6.45, 7) is 3.44. The average Bonchev–Trinajstić information content (AvgIpc) is 2.54. The van der Waals surface area contributed by atoms with Crippen LogP contribution in [-0.4, -0.2) is 23.1 Å². The summed E-state index contributed by atoms with van der Waals surface area (Å²) in [4.78, 5) is 8.47. The lowest BCUT2D eigenvalue weighted by Crippen LogP contribution is -2.16. The molecule has 0 aliphatic heterocycles. The molecule has 0 aliphatic rings. The Morgan fingerprint density at radius 3 is 2.81 bits per heavy atom. The van der Waals surface area contributed by atoms with Crippen molar-refractivity contribution >= 4 is 5.95 Å². The zero-order chi connectivity index (χ0) is 14.9. The van der Waals surface area contributed by atoms with E-state index in [-0.39, 0.29) is 6.04 Å². The number of ether oxygens (including phenoxy) is 1. The SMILES string of the molecule is CCCOc1ccnc(NCCC(N)c2ccccc2)n1. The van der Waals surface area contributed by atoms with Gasteiger partial charge in [0.15, 0.2) is 0 Å². The number of nitrogens with one attached hydrogen (secondary N) is 1. The van der Waals surface area contributed by atoms with Crippen molar-refractivity contribution in [2.24, 2.45) is 5.73 Å². The van der Waals surface area contributed by atoms with Crippen LogP contribution in [0.5, 0.6) is 5.88 Å². The number of nitrogens with two attached hydrogens (primary N) is 1. The molecular weight excluding hydrogens is 264 g/mol. The van der Waals surface area contributed by atoms with Crippen molar-refractivity contribution in [3.63, 3.8) is 0 Å². The van der Waals surface area contributed by atoms with Crippen LogP contribution in [-0.2, 0) is 0 Å². The fraction of sp³-hybridized carbons (Fsp3) is 0.375. The van der Waals surface area contributed by atoms with Crippen molar-refractivity contribution in [2.75, 3.05) is 18.5 Å². The van der Waals surface area contributed by atoms with E-state index in [9.17, 15) is 0 Å². The van der Waals surface area contributed by atoms with E-state index in [0.29, 0.717) is 25.0 Å². The van der Waals surface area contributed by atoms with Gasteiger partial charge in [0.1, 0.15) is 0 Å². The predicted molar refractivity (Wildman–Crippen MR) is 84.3 cm³/mol. The summed E-state index contributed by atoms with van der Waals surface area (Å²) in [6.07, 6.45) is 3.46. The maximum atomic E-state index is 6.15. The second-order valence-corrected chi connectivity index (χ2v) is 4.80. The number of rotatable bonds is 8. The Morgan fingerprint density at radius 2 is 2.05 bits per heavy atom. The Morgan fingerprint density at radius 1 is 1.24 bits per heavy atom. The van der Waals surface area contributed by atoms with Gasteiger partial charge in [0.25, 0.3) is 0 Å². The molecule has 0 bridgehead atoms. The van der Waals surface area contributed by atoms with E-state index in [4.69, 9.17) is 10.5 Å². The molecule has 0 spiro atoms. The van der Waals surface area contributed by atoms with Crippen LogP contribution < -0.4 is 15.8 Å².